The SMILES string of the molecule is CCNCc1nnc(N(C)CC2CCOCC2)o1. The molecule has 0 atom stereocenters. The van der Waals surface area contributed by atoms with Gasteiger partial charge in [0.1, 0.15) is 0 Å². The molecular formula is C12H22N4O2. The fraction of sp³-hybridized carbons (Fsp3) is 0.833. The summed E-state index contributed by atoms with van der Waals surface area (Å²) < 4.78 is 11.0. The molecule has 1 aliphatic rings. The Morgan fingerprint density at radius 2 is 2.11 bits per heavy atom. The van der Waals surface area contributed by atoms with Gasteiger partial charge in [0.15, 0.2) is 0 Å². The minimum Gasteiger partial charge on any atom is -0.407 e. The number of rotatable bonds is 6. The normalized spacial score (nSPS) is 17.0. The molecule has 0 radical (unpaired) electrons. The van der Waals surface area contributed by atoms with E-state index in [9.17, 15) is 0 Å². The van der Waals surface area contributed by atoms with Crippen molar-refractivity contribution in [3.8, 4) is 0 Å². The van der Waals surface area contributed by atoms with E-state index in [0.29, 0.717) is 24.4 Å². The Balaban J connectivity index is 1.83. The number of hydrogen-bond donors (Lipinski definition) is 1. The highest BCUT2D eigenvalue weighted by molar-refractivity contribution is 5.21. The molecule has 1 aliphatic heterocycles. The van der Waals surface area contributed by atoms with Crippen molar-refractivity contribution in [2.75, 3.05) is 38.3 Å². The van der Waals surface area contributed by atoms with Crippen molar-refractivity contribution in [2.45, 2.75) is 26.3 Å². The van der Waals surface area contributed by atoms with E-state index in [1.54, 1.807) is 0 Å². The van der Waals surface area contributed by atoms with Crippen LogP contribution in [0.25, 0.3) is 0 Å². The maximum atomic E-state index is 5.60. The smallest absolute Gasteiger partial charge is 0.317 e. The summed E-state index contributed by atoms with van der Waals surface area (Å²) in [5.41, 5.74) is 0. The molecule has 1 aromatic heterocycles. The van der Waals surface area contributed by atoms with Crippen LogP contribution >= 0.6 is 0 Å². The molecule has 0 amide bonds. The second-order valence-electron chi connectivity index (χ2n) is 4.69. The largest absolute Gasteiger partial charge is 0.407 e. The minimum atomic E-state index is 0.606. The first kappa shape index (κ1) is 13.3. The highest BCUT2D eigenvalue weighted by Gasteiger charge is 2.18. The maximum Gasteiger partial charge on any atom is 0.317 e. The topological polar surface area (TPSA) is 63.4 Å². The molecule has 0 aromatic carbocycles. The van der Waals surface area contributed by atoms with E-state index in [-0.39, 0.29) is 0 Å². The average Bonchev–Trinajstić information content (AvgIpc) is 2.86. The Bertz CT molecular complexity index is 350. The number of aromatic nitrogens is 2. The first-order valence-corrected chi connectivity index (χ1v) is 6.61. The Kier molecular flexibility index (Phi) is 4.95. The van der Waals surface area contributed by atoms with Crippen LogP contribution in [0.2, 0.25) is 0 Å². The van der Waals surface area contributed by atoms with Gasteiger partial charge < -0.3 is 19.4 Å². The van der Waals surface area contributed by atoms with Gasteiger partial charge >= 0.3 is 6.01 Å². The molecule has 0 unspecified atom stereocenters. The van der Waals surface area contributed by atoms with Gasteiger partial charge in [-0.1, -0.05) is 12.0 Å². The number of anilines is 1. The summed E-state index contributed by atoms with van der Waals surface area (Å²) in [5.74, 6) is 1.30. The monoisotopic (exact) mass is 254 g/mol. The van der Waals surface area contributed by atoms with Gasteiger partial charge in [-0.2, -0.15) is 0 Å². The van der Waals surface area contributed by atoms with Crippen LogP contribution in [-0.2, 0) is 11.3 Å². The first-order chi connectivity index (χ1) is 8.79. The molecule has 102 valence electrons. The average molecular weight is 254 g/mol. The van der Waals surface area contributed by atoms with E-state index in [1.165, 1.54) is 0 Å². The van der Waals surface area contributed by atoms with Crippen molar-refractivity contribution in [1.82, 2.24) is 15.5 Å². The molecule has 2 rings (SSSR count). The van der Waals surface area contributed by atoms with Crippen molar-refractivity contribution in [2.24, 2.45) is 5.92 Å². The van der Waals surface area contributed by atoms with E-state index in [4.69, 9.17) is 9.15 Å². The van der Waals surface area contributed by atoms with Crippen LogP contribution in [0.3, 0.4) is 0 Å². The summed E-state index contributed by atoms with van der Waals surface area (Å²) in [7, 11) is 2.00. The Morgan fingerprint density at radius 1 is 1.33 bits per heavy atom. The molecule has 0 bridgehead atoms. The van der Waals surface area contributed by atoms with E-state index in [1.807, 2.05) is 11.9 Å². The Labute approximate surface area is 108 Å². The fourth-order valence-electron chi connectivity index (χ4n) is 2.10. The Hall–Kier alpha value is -1.14. The van der Waals surface area contributed by atoms with Gasteiger partial charge in [-0.3, -0.25) is 0 Å². The molecule has 2 heterocycles. The van der Waals surface area contributed by atoms with Crippen molar-refractivity contribution in [3.05, 3.63) is 5.89 Å². The second-order valence-corrected chi connectivity index (χ2v) is 4.69. The predicted octanol–water partition coefficient (Wildman–Crippen LogP) is 1.04. The zero-order valence-corrected chi connectivity index (χ0v) is 11.2. The zero-order chi connectivity index (χ0) is 12.8. The van der Waals surface area contributed by atoms with Crippen LogP contribution in [0.1, 0.15) is 25.7 Å². The molecule has 1 aromatic rings. The molecule has 1 fully saturated rings. The molecule has 18 heavy (non-hydrogen) atoms. The zero-order valence-electron chi connectivity index (χ0n) is 11.2. The van der Waals surface area contributed by atoms with E-state index in [0.717, 1.165) is 39.1 Å². The number of nitrogens with one attached hydrogen (secondary N) is 1. The van der Waals surface area contributed by atoms with Crippen molar-refractivity contribution in [3.63, 3.8) is 0 Å². The second kappa shape index (κ2) is 6.70. The van der Waals surface area contributed by atoms with Crippen molar-refractivity contribution < 1.29 is 9.15 Å². The van der Waals surface area contributed by atoms with Gasteiger partial charge in [-0.25, -0.2) is 0 Å². The van der Waals surface area contributed by atoms with Gasteiger partial charge in [0.25, 0.3) is 0 Å². The Morgan fingerprint density at radius 3 is 2.83 bits per heavy atom. The van der Waals surface area contributed by atoms with Crippen LogP contribution in [0.5, 0.6) is 0 Å². The summed E-state index contributed by atoms with van der Waals surface area (Å²) >= 11 is 0. The first-order valence-electron chi connectivity index (χ1n) is 6.61. The number of ether oxygens (including phenoxy) is 1. The van der Waals surface area contributed by atoms with E-state index < -0.39 is 0 Å². The standard InChI is InChI=1S/C12H22N4O2/c1-3-13-8-11-14-15-12(18-11)16(2)9-10-4-6-17-7-5-10/h10,13H,3-9H2,1-2H3. The number of hydrogen-bond acceptors (Lipinski definition) is 6. The summed E-state index contributed by atoms with van der Waals surface area (Å²) in [4.78, 5) is 2.04. The van der Waals surface area contributed by atoms with Gasteiger partial charge in [-0.05, 0) is 25.3 Å². The highest BCUT2D eigenvalue weighted by Crippen LogP contribution is 2.18. The third-order valence-corrected chi connectivity index (χ3v) is 3.18. The minimum absolute atomic E-state index is 0.606. The van der Waals surface area contributed by atoms with Crippen molar-refractivity contribution >= 4 is 6.01 Å². The molecule has 6 nitrogen and oxygen atoms in total. The van der Waals surface area contributed by atoms with Gasteiger partial charge in [0.05, 0.1) is 6.54 Å². The summed E-state index contributed by atoms with van der Waals surface area (Å²) in [5, 5.41) is 11.3. The molecule has 0 aliphatic carbocycles. The van der Waals surface area contributed by atoms with Crippen LogP contribution in [0.15, 0.2) is 4.42 Å². The molecular weight excluding hydrogens is 232 g/mol. The van der Waals surface area contributed by atoms with Gasteiger partial charge in [-0.15, -0.1) is 5.10 Å². The molecule has 0 saturated carbocycles. The summed E-state index contributed by atoms with van der Waals surface area (Å²) in [6.07, 6.45) is 2.23. The highest BCUT2D eigenvalue weighted by atomic mass is 16.5. The lowest BCUT2D eigenvalue weighted by Crippen LogP contribution is -2.29. The van der Waals surface area contributed by atoms with Crippen LogP contribution in [-0.4, -0.2) is 43.5 Å². The van der Waals surface area contributed by atoms with Gasteiger partial charge in [0.2, 0.25) is 5.89 Å². The van der Waals surface area contributed by atoms with Gasteiger partial charge in [0, 0.05) is 26.8 Å². The van der Waals surface area contributed by atoms with Crippen LogP contribution in [0, 0.1) is 5.92 Å². The summed E-state index contributed by atoms with van der Waals surface area (Å²) in [6, 6.07) is 0.606. The lowest BCUT2D eigenvalue weighted by Gasteiger charge is -2.25. The quantitative estimate of drug-likeness (QED) is 0.818. The van der Waals surface area contributed by atoms with E-state index in [2.05, 4.69) is 22.4 Å². The molecule has 6 heteroatoms. The molecule has 1 N–H and O–H groups in total. The van der Waals surface area contributed by atoms with Crippen LogP contribution in [0.4, 0.5) is 6.01 Å². The van der Waals surface area contributed by atoms with Crippen molar-refractivity contribution in [1.29, 1.82) is 0 Å². The predicted molar refractivity (Wildman–Crippen MR) is 68.5 cm³/mol. The fourth-order valence-corrected chi connectivity index (χ4v) is 2.10. The number of nitrogens with zero attached hydrogens (tertiary/aromatic N) is 3. The molecule has 1 saturated heterocycles. The lowest BCUT2D eigenvalue weighted by atomic mass is 10.0. The summed E-state index contributed by atoms with van der Waals surface area (Å²) in [6.45, 7) is 6.27. The molecule has 0 spiro atoms. The maximum absolute atomic E-state index is 5.60. The lowest BCUT2D eigenvalue weighted by molar-refractivity contribution is 0.0682. The third-order valence-electron chi connectivity index (χ3n) is 3.18. The third kappa shape index (κ3) is 3.68. The van der Waals surface area contributed by atoms with Crippen LogP contribution < -0.4 is 10.2 Å². The van der Waals surface area contributed by atoms with E-state index >= 15 is 0 Å².